The number of benzene rings is 1. The highest BCUT2D eigenvalue weighted by Crippen LogP contribution is 2.11. The maximum absolute atomic E-state index is 11.9. The highest BCUT2D eigenvalue weighted by molar-refractivity contribution is 5.74. The molecule has 1 aromatic rings. The molecule has 0 bridgehead atoms. The Morgan fingerprint density at radius 2 is 1.68 bits per heavy atom. The van der Waals surface area contributed by atoms with Crippen LogP contribution in [-0.2, 0) is 13.1 Å². The molecule has 1 aromatic carbocycles. The average Bonchev–Trinajstić information content (AvgIpc) is 2.51. The minimum atomic E-state index is -0.0983. The monoisotopic (exact) mass is 305 g/mol. The second kappa shape index (κ2) is 9.46. The molecule has 0 radical (unpaired) electrons. The fraction of sp³-hybridized carbons (Fsp3) is 0.611. The topological polar surface area (TPSA) is 44.4 Å². The molecule has 124 valence electrons. The summed E-state index contributed by atoms with van der Waals surface area (Å²) in [6, 6.07) is 8.39. The molecule has 1 atom stereocenters. The molecule has 2 amide bonds. The van der Waals surface area contributed by atoms with E-state index in [0.717, 1.165) is 19.6 Å². The molecule has 0 aliphatic carbocycles. The predicted octanol–water partition coefficient (Wildman–Crippen LogP) is 3.37. The number of carbonyl (C=O) groups excluding carboxylic acids is 1. The van der Waals surface area contributed by atoms with E-state index in [-0.39, 0.29) is 12.1 Å². The molecule has 1 rings (SSSR count). The SMILES string of the molecule is CCN(CC)Cc1ccccc1CNC(=O)N[C@H](C)C(C)C. The van der Waals surface area contributed by atoms with Gasteiger partial charge < -0.3 is 10.6 Å². The van der Waals surface area contributed by atoms with Crippen molar-refractivity contribution in [3.8, 4) is 0 Å². The Morgan fingerprint density at radius 3 is 2.23 bits per heavy atom. The second-order valence-electron chi connectivity index (χ2n) is 6.09. The van der Waals surface area contributed by atoms with Crippen LogP contribution in [0.25, 0.3) is 0 Å². The quantitative estimate of drug-likeness (QED) is 0.773. The molecule has 22 heavy (non-hydrogen) atoms. The highest BCUT2D eigenvalue weighted by Gasteiger charge is 2.11. The zero-order valence-electron chi connectivity index (χ0n) is 14.6. The van der Waals surface area contributed by atoms with Crippen LogP contribution >= 0.6 is 0 Å². The van der Waals surface area contributed by atoms with Crippen LogP contribution in [0.1, 0.15) is 45.7 Å². The molecule has 0 unspecified atom stereocenters. The number of rotatable bonds is 8. The van der Waals surface area contributed by atoms with Gasteiger partial charge in [0.05, 0.1) is 0 Å². The van der Waals surface area contributed by atoms with Gasteiger partial charge in [0.2, 0.25) is 0 Å². The van der Waals surface area contributed by atoms with Gasteiger partial charge in [-0.3, -0.25) is 4.90 Å². The molecule has 0 aliphatic heterocycles. The largest absolute Gasteiger partial charge is 0.335 e. The standard InChI is InChI=1S/C18H31N3O/c1-6-21(7-2)13-17-11-9-8-10-16(17)12-19-18(22)20-15(5)14(3)4/h8-11,14-15H,6-7,12-13H2,1-5H3,(H2,19,20,22)/t15-/m1/s1. The van der Waals surface area contributed by atoms with Crippen molar-refractivity contribution in [3.05, 3.63) is 35.4 Å². The molecule has 0 fully saturated rings. The van der Waals surface area contributed by atoms with Gasteiger partial charge in [0.15, 0.2) is 0 Å². The Labute approximate surface area is 135 Å². The summed E-state index contributed by atoms with van der Waals surface area (Å²) < 4.78 is 0. The van der Waals surface area contributed by atoms with E-state index >= 15 is 0 Å². The van der Waals surface area contributed by atoms with E-state index < -0.39 is 0 Å². The Morgan fingerprint density at radius 1 is 1.09 bits per heavy atom. The summed E-state index contributed by atoms with van der Waals surface area (Å²) >= 11 is 0. The number of hydrogen-bond donors (Lipinski definition) is 2. The fourth-order valence-corrected chi connectivity index (χ4v) is 2.17. The Bertz CT molecular complexity index is 455. The van der Waals surface area contributed by atoms with Crippen molar-refractivity contribution in [2.45, 2.75) is 53.8 Å². The smallest absolute Gasteiger partial charge is 0.315 e. The Kier molecular flexibility index (Phi) is 7.96. The van der Waals surface area contributed by atoms with Crippen LogP contribution in [0, 0.1) is 5.92 Å². The van der Waals surface area contributed by atoms with Crippen molar-refractivity contribution in [1.29, 1.82) is 0 Å². The van der Waals surface area contributed by atoms with Crippen molar-refractivity contribution >= 4 is 6.03 Å². The van der Waals surface area contributed by atoms with E-state index in [1.807, 2.05) is 13.0 Å². The maximum Gasteiger partial charge on any atom is 0.315 e. The maximum atomic E-state index is 11.9. The number of hydrogen-bond acceptors (Lipinski definition) is 2. The van der Waals surface area contributed by atoms with Crippen LogP contribution < -0.4 is 10.6 Å². The lowest BCUT2D eigenvalue weighted by Crippen LogP contribution is -2.42. The van der Waals surface area contributed by atoms with Crippen LogP contribution in [0.3, 0.4) is 0 Å². The molecule has 0 saturated heterocycles. The van der Waals surface area contributed by atoms with Crippen LogP contribution in [-0.4, -0.2) is 30.1 Å². The zero-order valence-corrected chi connectivity index (χ0v) is 14.6. The van der Waals surface area contributed by atoms with Crippen molar-refractivity contribution < 1.29 is 4.79 Å². The second-order valence-corrected chi connectivity index (χ2v) is 6.09. The van der Waals surface area contributed by atoms with Gasteiger partial charge in [-0.2, -0.15) is 0 Å². The molecule has 4 nitrogen and oxygen atoms in total. The van der Waals surface area contributed by atoms with E-state index in [1.165, 1.54) is 11.1 Å². The van der Waals surface area contributed by atoms with Crippen LogP contribution in [0.5, 0.6) is 0 Å². The first-order chi connectivity index (χ1) is 10.5. The highest BCUT2D eigenvalue weighted by atomic mass is 16.2. The predicted molar refractivity (Wildman–Crippen MR) is 92.7 cm³/mol. The van der Waals surface area contributed by atoms with Gasteiger partial charge in [-0.1, -0.05) is 52.0 Å². The summed E-state index contributed by atoms with van der Waals surface area (Å²) in [4.78, 5) is 14.3. The number of nitrogens with one attached hydrogen (secondary N) is 2. The fourth-order valence-electron chi connectivity index (χ4n) is 2.17. The molecule has 2 N–H and O–H groups in total. The van der Waals surface area contributed by atoms with Crippen molar-refractivity contribution in [2.75, 3.05) is 13.1 Å². The van der Waals surface area contributed by atoms with Gasteiger partial charge in [-0.15, -0.1) is 0 Å². The van der Waals surface area contributed by atoms with E-state index in [1.54, 1.807) is 0 Å². The molecule has 0 saturated carbocycles. The molecule has 4 heteroatoms. The minimum absolute atomic E-state index is 0.0983. The third-order valence-corrected chi connectivity index (χ3v) is 4.20. The van der Waals surface area contributed by atoms with Crippen molar-refractivity contribution in [3.63, 3.8) is 0 Å². The molecule has 0 heterocycles. The number of carbonyl (C=O) groups is 1. The number of amides is 2. The number of urea groups is 1. The van der Waals surface area contributed by atoms with Gasteiger partial charge in [-0.25, -0.2) is 4.79 Å². The summed E-state index contributed by atoms with van der Waals surface area (Å²) in [5.74, 6) is 0.431. The van der Waals surface area contributed by atoms with Gasteiger partial charge in [-0.05, 0) is 37.1 Å². The van der Waals surface area contributed by atoms with Gasteiger partial charge in [0.25, 0.3) is 0 Å². The lowest BCUT2D eigenvalue weighted by molar-refractivity contribution is 0.234. The molecular formula is C18H31N3O. The minimum Gasteiger partial charge on any atom is -0.335 e. The van der Waals surface area contributed by atoms with Crippen molar-refractivity contribution in [2.24, 2.45) is 5.92 Å². The van der Waals surface area contributed by atoms with Crippen molar-refractivity contribution in [1.82, 2.24) is 15.5 Å². The summed E-state index contributed by atoms with van der Waals surface area (Å²) in [5, 5.41) is 5.94. The molecule has 0 aliphatic rings. The third kappa shape index (κ3) is 6.06. The molecule has 0 spiro atoms. The molecule has 0 aromatic heterocycles. The summed E-state index contributed by atoms with van der Waals surface area (Å²) in [5.41, 5.74) is 2.46. The van der Waals surface area contributed by atoms with Crippen LogP contribution in [0.4, 0.5) is 4.79 Å². The lowest BCUT2D eigenvalue weighted by Gasteiger charge is -2.21. The Hall–Kier alpha value is -1.55. The number of nitrogens with zero attached hydrogens (tertiary/aromatic N) is 1. The third-order valence-electron chi connectivity index (χ3n) is 4.20. The summed E-state index contributed by atoms with van der Waals surface area (Å²) in [7, 11) is 0. The van der Waals surface area contributed by atoms with Crippen LogP contribution in [0.2, 0.25) is 0 Å². The normalized spacial score (nSPS) is 12.5. The average molecular weight is 305 g/mol. The van der Waals surface area contributed by atoms with E-state index in [2.05, 4.69) is 61.4 Å². The van der Waals surface area contributed by atoms with Gasteiger partial charge in [0, 0.05) is 19.1 Å². The summed E-state index contributed by atoms with van der Waals surface area (Å²) in [6.45, 7) is 14.1. The summed E-state index contributed by atoms with van der Waals surface area (Å²) in [6.07, 6.45) is 0. The first-order valence-corrected chi connectivity index (χ1v) is 8.31. The lowest BCUT2D eigenvalue weighted by atomic mass is 10.1. The zero-order chi connectivity index (χ0) is 16.5. The first-order valence-electron chi connectivity index (χ1n) is 8.31. The van der Waals surface area contributed by atoms with Gasteiger partial charge >= 0.3 is 6.03 Å². The van der Waals surface area contributed by atoms with E-state index in [9.17, 15) is 4.79 Å². The van der Waals surface area contributed by atoms with E-state index in [4.69, 9.17) is 0 Å². The van der Waals surface area contributed by atoms with Crippen LogP contribution in [0.15, 0.2) is 24.3 Å². The van der Waals surface area contributed by atoms with E-state index in [0.29, 0.717) is 12.5 Å². The Balaban J connectivity index is 2.60. The first kappa shape index (κ1) is 18.5. The van der Waals surface area contributed by atoms with Gasteiger partial charge in [0.1, 0.15) is 0 Å². The molecular weight excluding hydrogens is 274 g/mol.